The molecule has 7 rings (SSSR count). The van der Waals surface area contributed by atoms with Crippen molar-refractivity contribution in [1.29, 1.82) is 0 Å². The lowest BCUT2D eigenvalue weighted by atomic mass is 9.92. The fraction of sp³-hybridized carbons (Fsp3) is 0.171. The Bertz CT molecular complexity index is 2160. The summed E-state index contributed by atoms with van der Waals surface area (Å²) < 4.78 is 60.6. The summed E-state index contributed by atoms with van der Waals surface area (Å²) in [6, 6.07) is 25.9. The largest absolute Gasteiger partial charge is 0.434 e. The number of aromatic nitrogens is 2. The number of benzene rings is 4. The van der Waals surface area contributed by atoms with Gasteiger partial charge in [-0.3, -0.25) is 4.79 Å². The van der Waals surface area contributed by atoms with Crippen LogP contribution in [0.25, 0.3) is 5.69 Å². The maximum atomic E-state index is 13.6. The van der Waals surface area contributed by atoms with Gasteiger partial charge in [0, 0.05) is 11.1 Å². The zero-order valence-corrected chi connectivity index (χ0v) is 26.4. The highest BCUT2D eigenvalue weighted by Crippen LogP contribution is 2.49. The summed E-state index contributed by atoms with van der Waals surface area (Å²) in [5.74, 6) is 0.0796. The molecule has 2 aliphatic rings. The molecular weight excluding hydrogens is 624 g/mol. The van der Waals surface area contributed by atoms with Gasteiger partial charge in [-0.1, -0.05) is 56.3 Å². The summed E-state index contributed by atoms with van der Waals surface area (Å²) in [6.45, 7) is 2.78. The minimum Gasteiger partial charge on any atom is -0.434 e. The Hall–Kier alpha value is -5.36. The van der Waals surface area contributed by atoms with Crippen LogP contribution in [-0.4, -0.2) is 36.6 Å². The van der Waals surface area contributed by atoms with Gasteiger partial charge in [-0.15, -0.1) is 0 Å². The first-order chi connectivity index (χ1) is 22.5. The van der Waals surface area contributed by atoms with E-state index in [9.17, 15) is 22.0 Å². The lowest BCUT2D eigenvalue weighted by Crippen LogP contribution is -2.48. The highest BCUT2D eigenvalue weighted by Gasteiger charge is 2.43. The van der Waals surface area contributed by atoms with Gasteiger partial charge in [-0.05, 0) is 73.0 Å². The topological polar surface area (TPSA) is 106 Å². The van der Waals surface area contributed by atoms with Crippen molar-refractivity contribution in [2.75, 3.05) is 10.2 Å². The smallest absolute Gasteiger partial charge is 0.387 e. The van der Waals surface area contributed by atoms with Crippen LogP contribution >= 0.6 is 0 Å². The van der Waals surface area contributed by atoms with Crippen molar-refractivity contribution >= 4 is 38.8 Å². The molecule has 12 heteroatoms. The molecule has 1 atom stereocenters. The SMILES string of the molecule is Cc1nn(-c2ccc(S(=O)(=O)c3ccc(C(C)C)cc3)cc2)c2c1[C@@H](c1ccccc1OC(F)F)N1C(=N2)C(=O)Nc2ccccc21. The molecule has 9 nitrogen and oxygen atoms in total. The molecule has 0 spiro atoms. The van der Waals surface area contributed by atoms with Gasteiger partial charge in [0.1, 0.15) is 5.75 Å². The molecule has 3 heterocycles. The predicted octanol–water partition coefficient (Wildman–Crippen LogP) is 7.33. The van der Waals surface area contributed by atoms with E-state index in [1.54, 1.807) is 66.4 Å². The number of hydrogen-bond donors (Lipinski definition) is 1. The van der Waals surface area contributed by atoms with Gasteiger partial charge in [0.05, 0.1) is 38.6 Å². The average molecular weight is 654 g/mol. The van der Waals surface area contributed by atoms with Gasteiger partial charge >= 0.3 is 6.61 Å². The number of amides is 1. The first-order valence-corrected chi connectivity index (χ1v) is 16.4. The number of aryl methyl sites for hydroxylation is 1. The number of ether oxygens (including phenoxy) is 1. The second-order valence-electron chi connectivity index (χ2n) is 11.6. The van der Waals surface area contributed by atoms with E-state index in [-0.39, 0.29) is 27.3 Å². The number of fused-ring (bicyclic) bond motifs is 4. The Morgan fingerprint density at radius 2 is 1.51 bits per heavy atom. The molecule has 0 radical (unpaired) electrons. The average Bonchev–Trinajstić information content (AvgIpc) is 3.40. The number of rotatable bonds is 7. The fourth-order valence-electron chi connectivity index (χ4n) is 6.06. The molecule has 47 heavy (non-hydrogen) atoms. The monoisotopic (exact) mass is 653 g/mol. The summed E-state index contributed by atoms with van der Waals surface area (Å²) in [5, 5.41) is 7.62. The number of sulfone groups is 1. The number of carbonyl (C=O) groups excluding carboxylic acids is 1. The molecule has 1 aromatic heterocycles. The molecule has 2 aliphatic heterocycles. The fourth-order valence-corrected chi connectivity index (χ4v) is 7.32. The zero-order valence-electron chi connectivity index (χ0n) is 25.6. The van der Waals surface area contributed by atoms with Gasteiger partial charge in [-0.25, -0.2) is 18.1 Å². The predicted molar refractivity (Wildman–Crippen MR) is 174 cm³/mol. The van der Waals surface area contributed by atoms with E-state index < -0.39 is 28.4 Å². The highest BCUT2D eigenvalue weighted by atomic mass is 32.2. The van der Waals surface area contributed by atoms with Crippen LogP contribution < -0.4 is 15.0 Å². The molecule has 0 saturated heterocycles. The van der Waals surface area contributed by atoms with Crippen molar-refractivity contribution in [3.63, 3.8) is 0 Å². The van der Waals surface area contributed by atoms with E-state index in [0.29, 0.717) is 39.7 Å². The van der Waals surface area contributed by atoms with E-state index in [0.717, 1.165) is 5.56 Å². The zero-order chi connectivity index (χ0) is 33.0. The van der Waals surface area contributed by atoms with Gasteiger partial charge in [0.15, 0.2) is 5.82 Å². The third kappa shape index (κ3) is 5.14. The lowest BCUT2D eigenvalue weighted by molar-refractivity contribution is -0.110. The van der Waals surface area contributed by atoms with Crippen LogP contribution in [0.4, 0.5) is 26.0 Å². The second-order valence-corrected chi connectivity index (χ2v) is 13.5. The lowest BCUT2D eigenvalue weighted by Gasteiger charge is -2.40. The van der Waals surface area contributed by atoms with Crippen LogP contribution in [-0.2, 0) is 14.6 Å². The number of alkyl halides is 2. The van der Waals surface area contributed by atoms with Crippen LogP contribution in [0, 0.1) is 6.92 Å². The number of para-hydroxylation sites is 3. The summed E-state index contributed by atoms with van der Waals surface area (Å²) in [7, 11) is -3.80. The van der Waals surface area contributed by atoms with Gasteiger partial charge in [-0.2, -0.15) is 13.9 Å². The van der Waals surface area contributed by atoms with Crippen LogP contribution in [0.3, 0.4) is 0 Å². The van der Waals surface area contributed by atoms with E-state index >= 15 is 0 Å². The molecule has 5 aromatic rings. The molecule has 238 valence electrons. The van der Waals surface area contributed by atoms with Crippen LogP contribution in [0.5, 0.6) is 5.75 Å². The molecule has 0 bridgehead atoms. The molecule has 0 unspecified atom stereocenters. The van der Waals surface area contributed by atoms with Crippen LogP contribution in [0.15, 0.2) is 112 Å². The van der Waals surface area contributed by atoms with E-state index in [1.165, 1.54) is 22.9 Å². The van der Waals surface area contributed by atoms with Crippen molar-refractivity contribution < 1.29 is 26.7 Å². The molecule has 0 fully saturated rings. The first kappa shape index (κ1) is 30.3. The van der Waals surface area contributed by atoms with E-state index in [2.05, 4.69) is 5.32 Å². The molecule has 1 N–H and O–H groups in total. The number of nitrogens with one attached hydrogen (secondary N) is 1. The molecule has 4 aromatic carbocycles. The van der Waals surface area contributed by atoms with Crippen molar-refractivity contribution in [1.82, 2.24) is 9.78 Å². The highest BCUT2D eigenvalue weighted by molar-refractivity contribution is 7.91. The Morgan fingerprint density at radius 3 is 2.19 bits per heavy atom. The molecular formula is C35H29F2N5O4S. The van der Waals surface area contributed by atoms with Gasteiger partial charge < -0.3 is 15.0 Å². The maximum absolute atomic E-state index is 13.6. The standard InChI is InChI=1S/C35H29F2N5O4S/c1-20(2)22-12-16-24(17-13-22)47(44,45)25-18-14-23(15-19-25)42-32-30(21(3)40-42)31(26-8-4-7-11-29(26)46-35(36)37)41-28-10-6-5-9-27(28)38-34(43)33(41)39-32/h4-20,31,35H,1-3H3,(H,38,43)/t31-/m1/s1. The number of nitrogens with zero attached hydrogens (tertiary/aromatic N) is 4. The van der Waals surface area contributed by atoms with Gasteiger partial charge in [0.25, 0.3) is 5.91 Å². The Balaban J connectivity index is 1.36. The van der Waals surface area contributed by atoms with Crippen LogP contribution in [0.2, 0.25) is 0 Å². The quantitative estimate of drug-likeness (QED) is 0.197. The van der Waals surface area contributed by atoms with Crippen molar-refractivity contribution in [3.05, 3.63) is 119 Å². The second kappa shape index (κ2) is 11.5. The normalized spacial score (nSPS) is 15.6. The first-order valence-electron chi connectivity index (χ1n) is 14.9. The van der Waals surface area contributed by atoms with Crippen LogP contribution in [0.1, 0.15) is 48.2 Å². The maximum Gasteiger partial charge on any atom is 0.387 e. The van der Waals surface area contributed by atoms with Gasteiger partial charge in [0.2, 0.25) is 15.7 Å². The number of amidine groups is 1. The van der Waals surface area contributed by atoms with E-state index in [1.807, 2.05) is 38.1 Å². The Morgan fingerprint density at radius 1 is 0.872 bits per heavy atom. The Kier molecular flexibility index (Phi) is 7.39. The number of halogens is 2. The number of carbonyl (C=O) groups is 1. The summed E-state index contributed by atoms with van der Waals surface area (Å²) in [4.78, 5) is 20.3. The minimum atomic E-state index is -3.80. The third-order valence-electron chi connectivity index (χ3n) is 8.35. The molecule has 1 amide bonds. The number of aliphatic imine (C=N–C) groups is 1. The minimum absolute atomic E-state index is 0.0400. The van der Waals surface area contributed by atoms with Crippen molar-refractivity contribution in [3.8, 4) is 11.4 Å². The van der Waals surface area contributed by atoms with Crippen molar-refractivity contribution in [2.45, 2.75) is 49.1 Å². The summed E-state index contributed by atoms with van der Waals surface area (Å²) >= 11 is 0. The molecule has 0 saturated carbocycles. The van der Waals surface area contributed by atoms with E-state index in [4.69, 9.17) is 14.8 Å². The Labute approximate surface area is 270 Å². The van der Waals surface area contributed by atoms with Crippen molar-refractivity contribution in [2.24, 2.45) is 4.99 Å². The summed E-state index contributed by atoms with van der Waals surface area (Å²) in [6.07, 6.45) is 0. The number of anilines is 2. The number of hydrogen-bond acceptors (Lipinski definition) is 7. The third-order valence-corrected chi connectivity index (χ3v) is 10.1. The molecule has 0 aliphatic carbocycles. The summed E-state index contributed by atoms with van der Waals surface area (Å²) in [5.41, 5.74) is 4.19.